The smallest absolute Gasteiger partial charge is 0.319 e. The average molecular weight is 338 g/mol. The van der Waals surface area contributed by atoms with Crippen molar-refractivity contribution in [2.24, 2.45) is 0 Å². The highest BCUT2D eigenvalue weighted by Crippen LogP contribution is 2.30. The monoisotopic (exact) mass is 338 g/mol. The fraction of sp³-hybridized carbons (Fsp3) is 0.750. The van der Waals surface area contributed by atoms with Crippen LogP contribution in [0.5, 0.6) is 0 Å². The van der Waals surface area contributed by atoms with Crippen molar-refractivity contribution in [3.05, 3.63) is 16.1 Å². The Hall–Kier alpha value is -1.18. The van der Waals surface area contributed by atoms with E-state index in [2.05, 4.69) is 15.3 Å². The van der Waals surface area contributed by atoms with Crippen LogP contribution < -0.4 is 0 Å². The number of carbonyl (C=O) groups excluding carboxylic acids is 1. The van der Waals surface area contributed by atoms with Gasteiger partial charge in [-0.15, -0.1) is 11.3 Å². The first kappa shape index (κ1) is 16.7. The molecular weight excluding hydrogens is 312 g/mol. The second-order valence-corrected chi connectivity index (χ2v) is 7.86. The molecule has 1 atom stereocenters. The number of thiazole rings is 1. The molecule has 0 N–H and O–H groups in total. The Bertz CT molecular complexity index is 558. The largest absolute Gasteiger partial charge is 0.370 e. The van der Waals surface area contributed by atoms with E-state index in [1.807, 2.05) is 25.9 Å². The first-order valence-electron chi connectivity index (χ1n) is 8.21. The van der Waals surface area contributed by atoms with Gasteiger partial charge in [-0.05, 0) is 26.3 Å². The molecule has 1 unspecified atom stereocenters. The van der Waals surface area contributed by atoms with Gasteiger partial charge in [0.05, 0.1) is 29.5 Å². The number of hydrogen-bond acceptors (Lipinski definition) is 5. The number of aromatic nitrogens is 1. The molecule has 0 aliphatic carbocycles. The minimum absolute atomic E-state index is 0.0833. The van der Waals surface area contributed by atoms with Gasteiger partial charge >= 0.3 is 6.03 Å². The van der Waals surface area contributed by atoms with Crippen molar-refractivity contribution < 1.29 is 9.53 Å². The maximum Gasteiger partial charge on any atom is 0.319 e. The van der Waals surface area contributed by atoms with Crippen LogP contribution in [-0.4, -0.2) is 78.2 Å². The maximum atomic E-state index is 12.3. The molecule has 3 heterocycles. The summed E-state index contributed by atoms with van der Waals surface area (Å²) in [6.45, 7) is 6.87. The lowest BCUT2D eigenvalue weighted by atomic mass is 9.90. The lowest BCUT2D eigenvalue weighted by molar-refractivity contribution is -0.133. The molecular formula is C16H26N4O2S. The summed E-state index contributed by atoms with van der Waals surface area (Å²) in [4.78, 5) is 22.8. The van der Waals surface area contributed by atoms with E-state index in [9.17, 15) is 4.79 Å². The van der Waals surface area contributed by atoms with Crippen LogP contribution in [0, 0.1) is 6.92 Å². The van der Waals surface area contributed by atoms with E-state index in [1.54, 1.807) is 16.2 Å². The summed E-state index contributed by atoms with van der Waals surface area (Å²) in [5, 5.41) is 3.25. The van der Waals surface area contributed by atoms with Crippen molar-refractivity contribution in [3.8, 4) is 0 Å². The van der Waals surface area contributed by atoms with Gasteiger partial charge in [-0.2, -0.15) is 0 Å². The number of urea groups is 1. The number of amides is 2. The number of rotatable bonds is 2. The highest BCUT2D eigenvalue weighted by Gasteiger charge is 2.42. The topological polar surface area (TPSA) is 48.9 Å². The van der Waals surface area contributed by atoms with Crippen molar-refractivity contribution in [1.29, 1.82) is 0 Å². The van der Waals surface area contributed by atoms with Crippen molar-refractivity contribution >= 4 is 17.4 Å². The Labute approximate surface area is 142 Å². The molecule has 2 amide bonds. The summed E-state index contributed by atoms with van der Waals surface area (Å²) in [7, 11) is 3.62. The molecule has 2 aliphatic rings. The molecule has 128 valence electrons. The highest BCUT2D eigenvalue weighted by molar-refractivity contribution is 7.09. The third-order valence-corrected chi connectivity index (χ3v) is 5.39. The summed E-state index contributed by atoms with van der Waals surface area (Å²) in [6, 6.07) is 0.0833. The van der Waals surface area contributed by atoms with Gasteiger partial charge in [0, 0.05) is 39.1 Å². The Morgan fingerprint density at radius 3 is 2.96 bits per heavy atom. The number of likely N-dealkylation sites (tertiary alicyclic amines) is 1. The van der Waals surface area contributed by atoms with Crippen LogP contribution in [0.25, 0.3) is 0 Å². The van der Waals surface area contributed by atoms with Crippen molar-refractivity contribution in [2.45, 2.75) is 31.9 Å². The van der Waals surface area contributed by atoms with E-state index in [0.717, 1.165) is 43.2 Å². The molecule has 23 heavy (non-hydrogen) atoms. The zero-order valence-corrected chi connectivity index (χ0v) is 15.1. The second kappa shape index (κ2) is 6.75. The number of aryl methyl sites for hydroxylation is 1. The van der Waals surface area contributed by atoms with Gasteiger partial charge in [-0.25, -0.2) is 9.78 Å². The number of morpholine rings is 1. The number of nitrogens with zero attached hydrogens (tertiary/aromatic N) is 4. The SMILES string of the molecule is Cc1nc(CN2CCCC3(C2)CN(C(=O)N(C)C)CCO3)cs1. The fourth-order valence-corrected chi connectivity index (χ4v) is 4.18. The van der Waals surface area contributed by atoms with Crippen LogP contribution >= 0.6 is 11.3 Å². The van der Waals surface area contributed by atoms with Crippen LogP contribution in [0.4, 0.5) is 4.79 Å². The molecule has 0 radical (unpaired) electrons. The fourth-order valence-electron chi connectivity index (χ4n) is 3.57. The molecule has 1 spiro atoms. The molecule has 7 heteroatoms. The zero-order valence-electron chi connectivity index (χ0n) is 14.2. The molecule has 0 saturated carbocycles. The van der Waals surface area contributed by atoms with Crippen LogP contribution in [0.15, 0.2) is 5.38 Å². The van der Waals surface area contributed by atoms with Crippen LogP contribution in [0.2, 0.25) is 0 Å². The van der Waals surface area contributed by atoms with Gasteiger partial charge in [-0.1, -0.05) is 0 Å². The predicted octanol–water partition coefficient (Wildman–Crippen LogP) is 1.80. The van der Waals surface area contributed by atoms with Gasteiger partial charge in [0.15, 0.2) is 0 Å². The molecule has 6 nitrogen and oxygen atoms in total. The third-order valence-electron chi connectivity index (χ3n) is 4.57. The first-order valence-corrected chi connectivity index (χ1v) is 9.09. The Kier molecular flexibility index (Phi) is 4.89. The van der Waals surface area contributed by atoms with E-state index >= 15 is 0 Å². The van der Waals surface area contributed by atoms with E-state index in [4.69, 9.17) is 4.74 Å². The molecule has 2 aliphatic heterocycles. The van der Waals surface area contributed by atoms with E-state index in [0.29, 0.717) is 19.7 Å². The summed E-state index contributed by atoms with van der Waals surface area (Å²) >= 11 is 1.70. The number of carbonyl (C=O) groups is 1. The number of hydrogen-bond donors (Lipinski definition) is 0. The summed E-state index contributed by atoms with van der Waals surface area (Å²) in [5.41, 5.74) is 0.925. The van der Waals surface area contributed by atoms with Crippen LogP contribution in [-0.2, 0) is 11.3 Å². The highest BCUT2D eigenvalue weighted by atomic mass is 32.1. The van der Waals surface area contributed by atoms with Gasteiger partial charge < -0.3 is 14.5 Å². The predicted molar refractivity (Wildman–Crippen MR) is 90.7 cm³/mol. The van der Waals surface area contributed by atoms with Crippen LogP contribution in [0.1, 0.15) is 23.5 Å². The summed E-state index contributed by atoms with van der Waals surface area (Å²) in [6.07, 6.45) is 2.13. The molecule has 1 aromatic rings. The second-order valence-electron chi connectivity index (χ2n) is 6.80. The quantitative estimate of drug-likeness (QED) is 0.825. The van der Waals surface area contributed by atoms with Crippen molar-refractivity contribution in [2.75, 3.05) is 46.9 Å². The van der Waals surface area contributed by atoms with E-state index in [-0.39, 0.29) is 11.6 Å². The molecule has 0 bridgehead atoms. The molecule has 3 rings (SSSR count). The molecule has 0 aromatic carbocycles. The van der Waals surface area contributed by atoms with Crippen molar-refractivity contribution in [3.63, 3.8) is 0 Å². The van der Waals surface area contributed by atoms with Crippen LogP contribution in [0.3, 0.4) is 0 Å². The lowest BCUT2D eigenvalue weighted by Crippen LogP contribution is -2.61. The van der Waals surface area contributed by atoms with E-state index in [1.165, 1.54) is 0 Å². The first-order chi connectivity index (χ1) is 11.0. The summed E-state index contributed by atoms with van der Waals surface area (Å²) < 4.78 is 6.17. The maximum absolute atomic E-state index is 12.3. The Morgan fingerprint density at radius 2 is 2.26 bits per heavy atom. The van der Waals surface area contributed by atoms with E-state index < -0.39 is 0 Å². The minimum atomic E-state index is -0.215. The standard InChI is InChI=1S/C16H26N4O2S/c1-13-17-14(10-23-13)9-19-6-4-5-16(11-19)12-20(7-8-22-16)15(21)18(2)3/h10H,4-9,11-12H2,1-3H3. The lowest BCUT2D eigenvalue weighted by Gasteiger charge is -2.48. The molecule has 2 saturated heterocycles. The Morgan fingerprint density at radius 1 is 1.43 bits per heavy atom. The summed E-state index contributed by atoms with van der Waals surface area (Å²) in [5.74, 6) is 0. The van der Waals surface area contributed by atoms with Gasteiger partial charge in [0.1, 0.15) is 0 Å². The third kappa shape index (κ3) is 3.84. The Balaban J connectivity index is 1.65. The number of ether oxygens (including phenoxy) is 1. The van der Waals surface area contributed by atoms with Crippen molar-refractivity contribution in [1.82, 2.24) is 19.7 Å². The average Bonchev–Trinajstić information content (AvgIpc) is 2.91. The molecule has 2 fully saturated rings. The van der Waals surface area contributed by atoms with Gasteiger partial charge in [-0.3, -0.25) is 4.90 Å². The zero-order chi connectivity index (χ0) is 16.4. The van der Waals surface area contributed by atoms with Gasteiger partial charge in [0.2, 0.25) is 0 Å². The number of piperidine rings is 1. The normalized spacial score (nSPS) is 25.8. The minimum Gasteiger partial charge on any atom is -0.370 e. The van der Waals surface area contributed by atoms with Gasteiger partial charge in [0.25, 0.3) is 0 Å². The molecule has 1 aromatic heterocycles.